The van der Waals surface area contributed by atoms with Gasteiger partial charge in [-0.25, -0.2) is 13.2 Å². The Labute approximate surface area is 143 Å². The third-order valence-corrected chi connectivity index (χ3v) is 3.45. The molecule has 0 spiro atoms. The van der Waals surface area contributed by atoms with Gasteiger partial charge in [0, 0.05) is 6.07 Å². The molecule has 0 aromatic heterocycles. The van der Waals surface area contributed by atoms with Gasteiger partial charge in [-0.05, 0) is 24.6 Å². The molecule has 134 valence electrons. The fraction of sp³-hybridized carbons (Fsp3) is 0.278. The molecule has 0 fully saturated rings. The summed E-state index contributed by atoms with van der Waals surface area (Å²) in [5, 5.41) is 2.04. The molecule has 7 heteroatoms. The molecule has 2 rings (SSSR count). The zero-order chi connectivity index (χ0) is 18.4. The van der Waals surface area contributed by atoms with E-state index in [1.807, 2.05) is 12.2 Å². The maximum absolute atomic E-state index is 14.2. The van der Waals surface area contributed by atoms with Gasteiger partial charge in [0.2, 0.25) is 0 Å². The highest BCUT2D eigenvalue weighted by molar-refractivity contribution is 6.05. The van der Waals surface area contributed by atoms with Crippen molar-refractivity contribution in [2.45, 2.75) is 19.8 Å². The number of rotatable bonds is 7. The maximum atomic E-state index is 14.2. The molecular formula is C18H18F3NO3. The van der Waals surface area contributed by atoms with Crippen molar-refractivity contribution in [2.75, 3.05) is 19.0 Å². The predicted octanol–water partition coefficient (Wildman–Crippen LogP) is 4.54. The second kappa shape index (κ2) is 8.41. The molecule has 0 heterocycles. The number of halogens is 3. The van der Waals surface area contributed by atoms with E-state index in [0.717, 1.165) is 43.2 Å². The monoisotopic (exact) mass is 353 g/mol. The molecule has 0 aliphatic heterocycles. The Kier molecular flexibility index (Phi) is 6.27. The summed E-state index contributed by atoms with van der Waals surface area (Å²) >= 11 is 0. The minimum atomic E-state index is -0.996. The lowest BCUT2D eigenvalue weighted by Crippen LogP contribution is -2.16. The van der Waals surface area contributed by atoms with Crippen molar-refractivity contribution in [3.05, 3.63) is 53.3 Å². The third-order valence-electron chi connectivity index (χ3n) is 3.45. The second-order valence-electron chi connectivity index (χ2n) is 5.24. The van der Waals surface area contributed by atoms with Crippen LogP contribution in [-0.4, -0.2) is 19.6 Å². The van der Waals surface area contributed by atoms with Crippen LogP contribution in [0.3, 0.4) is 0 Å². The van der Waals surface area contributed by atoms with Crippen molar-refractivity contribution in [3.63, 3.8) is 0 Å². The number of hydrogen-bond acceptors (Lipinski definition) is 3. The van der Waals surface area contributed by atoms with Crippen LogP contribution >= 0.6 is 0 Å². The fourth-order valence-electron chi connectivity index (χ4n) is 2.11. The molecule has 1 amide bonds. The van der Waals surface area contributed by atoms with E-state index >= 15 is 0 Å². The molecule has 0 atom stereocenters. The van der Waals surface area contributed by atoms with Gasteiger partial charge in [-0.2, -0.15) is 0 Å². The molecular weight excluding hydrogens is 335 g/mol. The number of para-hydroxylation sites is 1. The molecule has 1 N–H and O–H groups in total. The van der Waals surface area contributed by atoms with Crippen molar-refractivity contribution in [1.82, 2.24) is 0 Å². The zero-order valence-corrected chi connectivity index (χ0v) is 13.9. The number of amides is 1. The van der Waals surface area contributed by atoms with Gasteiger partial charge < -0.3 is 14.8 Å². The summed E-state index contributed by atoms with van der Waals surface area (Å²) in [5.41, 5.74) is -1.05. The Morgan fingerprint density at radius 1 is 1.08 bits per heavy atom. The highest BCUT2D eigenvalue weighted by atomic mass is 19.1. The first-order chi connectivity index (χ1) is 12.0. The number of unbranched alkanes of at least 4 members (excludes halogenated alkanes) is 1. The van der Waals surface area contributed by atoms with Gasteiger partial charge in [-0.3, -0.25) is 4.79 Å². The van der Waals surface area contributed by atoms with Crippen LogP contribution in [0.2, 0.25) is 0 Å². The molecule has 0 aliphatic rings. The minimum absolute atomic E-state index is 0.127. The van der Waals surface area contributed by atoms with Gasteiger partial charge in [0.1, 0.15) is 23.1 Å². The number of carbonyl (C=O) groups excluding carboxylic acids is 1. The summed E-state index contributed by atoms with van der Waals surface area (Å²) in [6, 6.07) is 5.28. The van der Waals surface area contributed by atoms with Crippen molar-refractivity contribution < 1.29 is 27.4 Å². The standard InChI is InChI=1S/C18H18F3NO3/c1-3-4-8-25-16-9-11(14(21)10-15(16)24-2)18(23)22-17-12(19)6-5-7-13(17)20/h5-7,9-10H,3-4,8H2,1-2H3,(H,22,23). The van der Waals surface area contributed by atoms with Crippen molar-refractivity contribution in [3.8, 4) is 11.5 Å². The largest absolute Gasteiger partial charge is 0.493 e. The fourth-order valence-corrected chi connectivity index (χ4v) is 2.11. The summed E-state index contributed by atoms with van der Waals surface area (Å²) < 4.78 is 52.0. The molecule has 0 saturated heterocycles. The average Bonchev–Trinajstić information content (AvgIpc) is 2.59. The van der Waals surface area contributed by atoms with Crippen LogP contribution in [0.25, 0.3) is 0 Å². The number of methoxy groups -OCH3 is 1. The number of nitrogens with one attached hydrogen (secondary N) is 1. The normalized spacial score (nSPS) is 10.4. The van der Waals surface area contributed by atoms with Gasteiger partial charge >= 0.3 is 0 Å². The SMILES string of the molecule is CCCCOc1cc(C(=O)Nc2c(F)cccc2F)c(F)cc1OC. The minimum Gasteiger partial charge on any atom is -0.493 e. The van der Waals surface area contributed by atoms with Crippen LogP contribution in [0.4, 0.5) is 18.9 Å². The smallest absolute Gasteiger partial charge is 0.258 e. The third kappa shape index (κ3) is 4.43. The lowest BCUT2D eigenvalue weighted by Gasteiger charge is -2.13. The first kappa shape index (κ1) is 18.6. The summed E-state index contributed by atoms with van der Waals surface area (Å²) in [5.74, 6) is -3.50. The molecule has 0 bridgehead atoms. The predicted molar refractivity (Wildman–Crippen MR) is 87.7 cm³/mol. The summed E-state index contributed by atoms with van der Waals surface area (Å²) in [6.45, 7) is 2.34. The van der Waals surface area contributed by atoms with E-state index in [1.165, 1.54) is 7.11 Å². The first-order valence-electron chi connectivity index (χ1n) is 7.73. The van der Waals surface area contributed by atoms with Crippen LogP contribution < -0.4 is 14.8 Å². The van der Waals surface area contributed by atoms with Gasteiger partial charge in [-0.1, -0.05) is 19.4 Å². The van der Waals surface area contributed by atoms with Crippen LogP contribution in [0.5, 0.6) is 11.5 Å². The molecule has 0 aliphatic carbocycles. The average molecular weight is 353 g/mol. The van der Waals surface area contributed by atoms with E-state index in [0.29, 0.717) is 6.61 Å². The number of ether oxygens (including phenoxy) is 2. The number of hydrogen-bond donors (Lipinski definition) is 1. The molecule has 2 aromatic carbocycles. The quantitative estimate of drug-likeness (QED) is 0.743. The lowest BCUT2D eigenvalue weighted by atomic mass is 10.1. The highest BCUT2D eigenvalue weighted by Gasteiger charge is 2.20. The molecule has 4 nitrogen and oxygen atoms in total. The topological polar surface area (TPSA) is 47.6 Å². The van der Waals surface area contributed by atoms with Crippen LogP contribution in [0.1, 0.15) is 30.1 Å². The van der Waals surface area contributed by atoms with E-state index in [-0.39, 0.29) is 11.5 Å². The number of anilines is 1. The summed E-state index contributed by atoms with van der Waals surface area (Å²) in [4.78, 5) is 12.2. The van der Waals surface area contributed by atoms with Gasteiger partial charge in [0.25, 0.3) is 5.91 Å². The number of benzene rings is 2. The van der Waals surface area contributed by atoms with Crippen molar-refractivity contribution >= 4 is 11.6 Å². The van der Waals surface area contributed by atoms with Crippen LogP contribution in [0.15, 0.2) is 30.3 Å². The Balaban J connectivity index is 2.30. The summed E-state index contributed by atoms with van der Waals surface area (Å²) in [7, 11) is 1.34. The molecule has 25 heavy (non-hydrogen) atoms. The van der Waals surface area contributed by atoms with E-state index in [4.69, 9.17) is 9.47 Å². The lowest BCUT2D eigenvalue weighted by molar-refractivity contribution is 0.102. The molecule has 0 radical (unpaired) electrons. The van der Waals surface area contributed by atoms with E-state index in [1.54, 1.807) is 0 Å². The maximum Gasteiger partial charge on any atom is 0.258 e. The molecule has 0 unspecified atom stereocenters. The van der Waals surface area contributed by atoms with E-state index < -0.39 is 34.6 Å². The van der Waals surface area contributed by atoms with E-state index in [9.17, 15) is 18.0 Å². The number of carbonyl (C=O) groups is 1. The van der Waals surface area contributed by atoms with Crippen molar-refractivity contribution in [2.24, 2.45) is 0 Å². The Morgan fingerprint density at radius 3 is 2.36 bits per heavy atom. The molecule has 0 saturated carbocycles. The van der Waals surface area contributed by atoms with Gasteiger partial charge in [0.05, 0.1) is 19.3 Å². The first-order valence-corrected chi connectivity index (χ1v) is 7.73. The second-order valence-corrected chi connectivity index (χ2v) is 5.24. The summed E-state index contributed by atoms with van der Waals surface area (Å²) in [6.07, 6.45) is 1.66. The van der Waals surface area contributed by atoms with E-state index in [2.05, 4.69) is 0 Å². The highest BCUT2D eigenvalue weighted by Crippen LogP contribution is 2.31. The Morgan fingerprint density at radius 2 is 1.76 bits per heavy atom. The van der Waals surface area contributed by atoms with Gasteiger partial charge in [0.15, 0.2) is 11.5 Å². The van der Waals surface area contributed by atoms with Crippen LogP contribution in [-0.2, 0) is 0 Å². The molecule has 2 aromatic rings. The van der Waals surface area contributed by atoms with Crippen LogP contribution in [0, 0.1) is 17.5 Å². The Bertz CT molecular complexity index is 745. The van der Waals surface area contributed by atoms with Crippen molar-refractivity contribution in [1.29, 1.82) is 0 Å². The Hall–Kier alpha value is -2.70. The van der Waals surface area contributed by atoms with Gasteiger partial charge in [-0.15, -0.1) is 0 Å². The zero-order valence-electron chi connectivity index (χ0n) is 13.9.